The number of aromatic nitrogens is 2. The number of halogens is 2. The van der Waals surface area contributed by atoms with Crippen molar-refractivity contribution >= 4 is 23.1 Å². The number of hydrogen-bond donors (Lipinski definition) is 2. The molecule has 4 rings (SSSR count). The lowest BCUT2D eigenvalue weighted by Crippen LogP contribution is -2.14. The summed E-state index contributed by atoms with van der Waals surface area (Å²) in [4.78, 5) is 12.3. The maximum Gasteiger partial charge on any atom is 0.276 e. The van der Waals surface area contributed by atoms with Gasteiger partial charge in [0.25, 0.3) is 5.91 Å². The summed E-state index contributed by atoms with van der Waals surface area (Å²) in [6.45, 7) is 0.143. The van der Waals surface area contributed by atoms with Crippen LogP contribution >= 0.6 is 0 Å². The molecule has 0 saturated heterocycles. The van der Waals surface area contributed by atoms with Gasteiger partial charge in [-0.2, -0.15) is 0 Å². The Morgan fingerprint density at radius 1 is 0.889 bits per heavy atom. The normalized spacial score (nSPS) is 11.9. The predicted octanol–water partition coefficient (Wildman–Crippen LogP) is 3.48. The summed E-state index contributed by atoms with van der Waals surface area (Å²) < 4.78 is 36.6. The molecule has 2 heterocycles. The summed E-state index contributed by atoms with van der Waals surface area (Å²) in [5.74, 6) is -0.943. The summed E-state index contributed by atoms with van der Waals surface area (Å²) in [5.41, 5.74) is 0.916. The molecule has 0 radical (unpaired) electrons. The van der Waals surface area contributed by atoms with Crippen LogP contribution in [0.4, 0.5) is 26.0 Å². The number of rotatable bonds is 4. The number of carbonyl (C=O) groups excluding carboxylic acids is 1. The zero-order valence-corrected chi connectivity index (χ0v) is 13.7. The zero-order valence-electron chi connectivity index (χ0n) is 13.7. The Hall–Kier alpha value is -3.75. The van der Waals surface area contributed by atoms with Crippen molar-refractivity contribution in [3.05, 3.63) is 65.9 Å². The van der Waals surface area contributed by atoms with E-state index in [9.17, 15) is 13.6 Å². The molecule has 0 spiro atoms. The van der Waals surface area contributed by atoms with Gasteiger partial charge in [-0.15, -0.1) is 10.2 Å². The number of amides is 1. The number of carbonyl (C=O) groups is 1. The van der Waals surface area contributed by atoms with Crippen LogP contribution in [0, 0.1) is 11.6 Å². The van der Waals surface area contributed by atoms with Crippen molar-refractivity contribution in [3.8, 4) is 11.5 Å². The second-order valence-electron chi connectivity index (χ2n) is 5.58. The molecule has 1 amide bonds. The maximum atomic E-state index is 13.2. The molecule has 7 nitrogen and oxygen atoms in total. The first-order chi connectivity index (χ1) is 13.1. The van der Waals surface area contributed by atoms with E-state index in [1.165, 1.54) is 18.2 Å². The lowest BCUT2D eigenvalue weighted by Gasteiger charge is -2.07. The molecule has 0 unspecified atom stereocenters. The van der Waals surface area contributed by atoms with E-state index in [4.69, 9.17) is 9.47 Å². The monoisotopic (exact) mass is 370 g/mol. The molecule has 27 heavy (non-hydrogen) atoms. The van der Waals surface area contributed by atoms with Crippen LogP contribution in [-0.4, -0.2) is 22.9 Å². The van der Waals surface area contributed by atoms with Gasteiger partial charge in [0.05, 0.1) is 0 Å². The molecule has 0 bridgehead atoms. The van der Waals surface area contributed by atoms with Crippen molar-refractivity contribution in [1.29, 1.82) is 0 Å². The Bertz CT molecular complexity index is 1010. The standard InChI is InChI=1S/C18H12F2N4O3/c19-12-3-1-10(7-13(12)20)21-17-6-4-14(23-24-17)18(25)22-11-2-5-15-16(8-11)27-9-26-15/h1-8H,9H2,(H,21,24)(H,22,25). The molecular formula is C18H12F2N4O3. The molecular weight excluding hydrogens is 358 g/mol. The van der Waals surface area contributed by atoms with Crippen LogP contribution < -0.4 is 20.1 Å². The van der Waals surface area contributed by atoms with E-state index in [0.717, 1.165) is 12.1 Å². The van der Waals surface area contributed by atoms with Crippen LogP contribution in [0.1, 0.15) is 10.5 Å². The molecule has 136 valence electrons. The smallest absolute Gasteiger partial charge is 0.276 e. The number of fused-ring (bicyclic) bond motifs is 1. The van der Waals surface area contributed by atoms with Crippen molar-refractivity contribution in [2.75, 3.05) is 17.4 Å². The Kier molecular flexibility index (Phi) is 4.25. The molecule has 0 atom stereocenters. The Labute approximate surface area is 151 Å². The van der Waals surface area contributed by atoms with Crippen LogP contribution in [0.25, 0.3) is 0 Å². The van der Waals surface area contributed by atoms with Crippen LogP contribution in [0.15, 0.2) is 48.5 Å². The highest BCUT2D eigenvalue weighted by molar-refractivity contribution is 6.03. The van der Waals surface area contributed by atoms with E-state index >= 15 is 0 Å². The van der Waals surface area contributed by atoms with Crippen LogP contribution in [-0.2, 0) is 0 Å². The van der Waals surface area contributed by atoms with Crippen LogP contribution in [0.3, 0.4) is 0 Å². The van der Waals surface area contributed by atoms with E-state index < -0.39 is 17.5 Å². The highest BCUT2D eigenvalue weighted by Gasteiger charge is 2.15. The molecule has 1 aliphatic rings. The fourth-order valence-electron chi connectivity index (χ4n) is 2.41. The summed E-state index contributed by atoms with van der Waals surface area (Å²) in [7, 11) is 0. The van der Waals surface area contributed by atoms with Crippen molar-refractivity contribution in [2.24, 2.45) is 0 Å². The van der Waals surface area contributed by atoms with Gasteiger partial charge in [-0.3, -0.25) is 4.79 Å². The fourth-order valence-corrected chi connectivity index (χ4v) is 2.41. The van der Waals surface area contributed by atoms with Gasteiger partial charge < -0.3 is 20.1 Å². The number of hydrogen-bond acceptors (Lipinski definition) is 6. The third kappa shape index (κ3) is 3.61. The number of nitrogens with one attached hydrogen (secondary N) is 2. The molecule has 0 saturated carbocycles. The Morgan fingerprint density at radius 3 is 2.48 bits per heavy atom. The first kappa shape index (κ1) is 16.7. The average Bonchev–Trinajstić information content (AvgIpc) is 3.13. The molecule has 0 fully saturated rings. The topological polar surface area (TPSA) is 85.4 Å². The number of ether oxygens (including phenoxy) is 2. The van der Waals surface area contributed by atoms with E-state index in [1.54, 1.807) is 18.2 Å². The van der Waals surface area contributed by atoms with Crippen LogP contribution in [0.5, 0.6) is 11.5 Å². The first-order valence-corrected chi connectivity index (χ1v) is 7.85. The molecule has 1 aliphatic heterocycles. The van der Waals surface area contributed by atoms with E-state index in [-0.39, 0.29) is 18.3 Å². The van der Waals surface area contributed by atoms with E-state index in [2.05, 4.69) is 20.8 Å². The van der Waals surface area contributed by atoms with Gasteiger partial charge in [-0.05, 0) is 36.4 Å². The molecule has 0 aliphatic carbocycles. The number of benzene rings is 2. The molecule has 1 aromatic heterocycles. The number of nitrogens with zero attached hydrogens (tertiary/aromatic N) is 2. The second kappa shape index (κ2) is 6.87. The lowest BCUT2D eigenvalue weighted by atomic mass is 10.2. The minimum atomic E-state index is -0.979. The average molecular weight is 370 g/mol. The van der Waals surface area contributed by atoms with Gasteiger partial charge in [0.15, 0.2) is 34.6 Å². The van der Waals surface area contributed by atoms with Crippen molar-refractivity contribution < 1.29 is 23.0 Å². The molecule has 2 aromatic carbocycles. The van der Waals surface area contributed by atoms with Gasteiger partial charge in [-0.25, -0.2) is 8.78 Å². The minimum Gasteiger partial charge on any atom is -0.454 e. The second-order valence-corrected chi connectivity index (χ2v) is 5.58. The highest BCUT2D eigenvalue weighted by atomic mass is 19.2. The quantitative estimate of drug-likeness (QED) is 0.731. The summed E-state index contributed by atoms with van der Waals surface area (Å²) in [5, 5.41) is 13.2. The van der Waals surface area contributed by atoms with Gasteiger partial charge in [0, 0.05) is 23.5 Å². The van der Waals surface area contributed by atoms with E-state index in [1.807, 2.05) is 0 Å². The summed E-state index contributed by atoms with van der Waals surface area (Å²) in [6, 6.07) is 11.3. The first-order valence-electron chi connectivity index (χ1n) is 7.85. The van der Waals surface area contributed by atoms with Gasteiger partial charge in [0.2, 0.25) is 6.79 Å². The van der Waals surface area contributed by atoms with Crippen molar-refractivity contribution in [3.63, 3.8) is 0 Å². The predicted molar refractivity (Wildman–Crippen MR) is 92.2 cm³/mol. The highest BCUT2D eigenvalue weighted by Crippen LogP contribution is 2.34. The molecule has 9 heteroatoms. The van der Waals surface area contributed by atoms with Crippen LogP contribution in [0.2, 0.25) is 0 Å². The molecule has 3 aromatic rings. The SMILES string of the molecule is O=C(Nc1ccc2c(c1)OCO2)c1ccc(Nc2ccc(F)c(F)c2)nn1. The number of anilines is 3. The Balaban J connectivity index is 1.43. The van der Waals surface area contributed by atoms with E-state index in [0.29, 0.717) is 22.9 Å². The summed E-state index contributed by atoms with van der Waals surface area (Å²) in [6.07, 6.45) is 0. The van der Waals surface area contributed by atoms with Crippen molar-refractivity contribution in [1.82, 2.24) is 10.2 Å². The van der Waals surface area contributed by atoms with Gasteiger partial charge in [0.1, 0.15) is 0 Å². The van der Waals surface area contributed by atoms with Crippen molar-refractivity contribution in [2.45, 2.75) is 0 Å². The Morgan fingerprint density at radius 2 is 1.70 bits per heavy atom. The third-order valence-electron chi connectivity index (χ3n) is 3.72. The van der Waals surface area contributed by atoms with Gasteiger partial charge in [-0.1, -0.05) is 0 Å². The summed E-state index contributed by atoms with van der Waals surface area (Å²) >= 11 is 0. The maximum absolute atomic E-state index is 13.2. The fraction of sp³-hybridized carbons (Fsp3) is 0.0556. The zero-order chi connectivity index (χ0) is 18.8. The molecule has 2 N–H and O–H groups in total. The lowest BCUT2D eigenvalue weighted by molar-refractivity contribution is 0.102. The minimum absolute atomic E-state index is 0.0866. The van der Waals surface area contributed by atoms with Gasteiger partial charge >= 0.3 is 0 Å². The third-order valence-corrected chi connectivity index (χ3v) is 3.72. The largest absolute Gasteiger partial charge is 0.454 e.